The van der Waals surface area contributed by atoms with E-state index in [0.29, 0.717) is 18.4 Å². The lowest BCUT2D eigenvalue weighted by Gasteiger charge is -1.99. The average molecular weight is 279 g/mol. The molecule has 19 heavy (non-hydrogen) atoms. The lowest BCUT2D eigenvalue weighted by atomic mass is 10.1. The van der Waals surface area contributed by atoms with Gasteiger partial charge in [0.25, 0.3) is 0 Å². The van der Waals surface area contributed by atoms with Crippen molar-refractivity contribution in [3.05, 3.63) is 40.7 Å². The molecule has 5 heteroatoms. The van der Waals surface area contributed by atoms with Crippen LogP contribution < -0.4 is 0 Å². The van der Waals surface area contributed by atoms with Gasteiger partial charge in [-0.1, -0.05) is 12.1 Å². The first-order chi connectivity index (χ1) is 9.10. The molecular weight excluding hydrogens is 265 g/mol. The van der Waals surface area contributed by atoms with Crippen LogP contribution in [0.2, 0.25) is 0 Å². The number of hydrogen-bond donors (Lipinski definition) is 0. The van der Waals surface area contributed by atoms with Crippen molar-refractivity contribution in [3.8, 4) is 10.6 Å². The Kier molecular flexibility index (Phi) is 4.27. The number of rotatable bonds is 4. The summed E-state index contributed by atoms with van der Waals surface area (Å²) in [6.07, 6.45) is 0.847. The number of aromatic nitrogens is 1. The van der Waals surface area contributed by atoms with E-state index in [1.165, 1.54) is 24.5 Å². The molecule has 0 saturated carbocycles. The summed E-state index contributed by atoms with van der Waals surface area (Å²) >= 11 is 1.45. The first kappa shape index (κ1) is 13.7. The fraction of sp³-hybridized carbons (Fsp3) is 0.286. The summed E-state index contributed by atoms with van der Waals surface area (Å²) < 4.78 is 18.1. The predicted molar refractivity (Wildman–Crippen MR) is 72.6 cm³/mol. The fourth-order valence-electron chi connectivity index (χ4n) is 1.61. The van der Waals surface area contributed by atoms with Crippen LogP contribution in [0.5, 0.6) is 0 Å². The fourth-order valence-corrected chi connectivity index (χ4v) is 2.46. The number of carbonyl (C=O) groups is 1. The van der Waals surface area contributed by atoms with Crippen molar-refractivity contribution in [2.24, 2.45) is 0 Å². The van der Waals surface area contributed by atoms with E-state index in [4.69, 9.17) is 0 Å². The van der Waals surface area contributed by atoms with Crippen LogP contribution in [0.3, 0.4) is 0 Å². The van der Waals surface area contributed by atoms with Gasteiger partial charge in [-0.3, -0.25) is 4.79 Å². The molecule has 0 unspecified atom stereocenters. The Morgan fingerprint density at radius 2 is 2.26 bits per heavy atom. The van der Waals surface area contributed by atoms with Crippen LogP contribution in [-0.2, 0) is 16.0 Å². The maximum Gasteiger partial charge on any atom is 0.305 e. The van der Waals surface area contributed by atoms with E-state index in [0.717, 1.165) is 16.3 Å². The van der Waals surface area contributed by atoms with Gasteiger partial charge in [-0.2, -0.15) is 0 Å². The monoisotopic (exact) mass is 279 g/mol. The van der Waals surface area contributed by atoms with Crippen molar-refractivity contribution >= 4 is 17.3 Å². The second kappa shape index (κ2) is 5.93. The van der Waals surface area contributed by atoms with E-state index in [9.17, 15) is 9.18 Å². The molecule has 0 atom stereocenters. The van der Waals surface area contributed by atoms with Gasteiger partial charge in [0.1, 0.15) is 10.8 Å². The van der Waals surface area contributed by atoms with Crippen molar-refractivity contribution < 1.29 is 13.9 Å². The Bertz CT molecular complexity index is 595. The van der Waals surface area contributed by atoms with Crippen LogP contribution >= 0.6 is 11.3 Å². The highest BCUT2D eigenvalue weighted by molar-refractivity contribution is 7.13. The molecule has 0 aliphatic rings. The van der Waals surface area contributed by atoms with E-state index in [2.05, 4.69) is 9.72 Å². The molecule has 3 nitrogen and oxygen atoms in total. The van der Waals surface area contributed by atoms with Crippen molar-refractivity contribution in [3.63, 3.8) is 0 Å². The van der Waals surface area contributed by atoms with Crippen LogP contribution in [0, 0.1) is 12.7 Å². The molecule has 1 heterocycles. The van der Waals surface area contributed by atoms with Crippen LogP contribution in [-0.4, -0.2) is 18.1 Å². The van der Waals surface area contributed by atoms with Gasteiger partial charge in [0.05, 0.1) is 19.2 Å². The Balaban J connectivity index is 2.12. The summed E-state index contributed by atoms with van der Waals surface area (Å²) in [5.74, 6) is -0.486. The number of thiazole rings is 1. The van der Waals surface area contributed by atoms with E-state index in [-0.39, 0.29) is 11.8 Å². The number of hydrogen-bond acceptors (Lipinski definition) is 4. The number of methoxy groups -OCH3 is 1. The first-order valence-corrected chi connectivity index (χ1v) is 6.76. The SMILES string of the molecule is COC(=O)CCc1csc(-c2ccc(C)c(F)c2)n1. The summed E-state index contributed by atoms with van der Waals surface area (Å²) in [5.41, 5.74) is 2.20. The van der Waals surface area contributed by atoms with Gasteiger partial charge in [-0.15, -0.1) is 11.3 Å². The predicted octanol–water partition coefficient (Wildman–Crippen LogP) is 3.36. The molecule has 1 aromatic carbocycles. The summed E-state index contributed by atoms with van der Waals surface area (Å²) in [6, 6.07) is 5.07. The molecule has 0 fully saturated rings. The van der Waals surface area contributed by atoms with E-state index < -0.39 is 0 Å². The number of esters is 1. The minimum absolute atomic E-state index is 0.233. The smallest absolute Gasteiger partial charge is 0.305 e. The van der Waals surface area contributed by atoms with Crippen LogP contribution in [0.15, 0.2) is 23.6 Å². The quantitative estimate of drug-likeness (QED) is 0.806. The zero-order valence-electron chi connectivity index (χ0n) is 10.8. The summed E-state index contributed by atoms with van der Waals surface area (Å²) in [4.78, 5) is 15.4. The van der Waals surface area contributed by atoms with Crippen LogP contribution in [0.25, 0.3) is 10.6 Å². The number of halogens is 1. The zero-order chi connectivity index (χ0) is 13.8. The molecule has 2 rings (SSSR count). The average Bonchev–Trinajstić information content (AvgIpc) is 2.88. The van der Waals surface area contributed by atoms with Gasteiger partial charge >= 0.3 is 5.97 Å². The summed E-state index contributed by atoms with van der Waals surface area (Å²) in [7, 11) is 1.36. The van der Waals surface area contributed by atoms with Gasteiger partial charge in [0, 0.05) is 17.4 Å². The standard InChI is InChI=1S/C14H14FNO2S/c1-9-3-4-10(7-12(9)15)14-16-11(8-19-14)5-6-13(17)18-2/h3-4,7-8H,5-6H2,1-2H3. The van der Waals surface area contributed by atoms with Gasteiger partial charge < -0.3 is 4.74 Å². The van der Waals surface area contributed by atoms with E-state index in [1.807, 2.05) is 11.4 Å². The molecule has 2 aromatic rings. The normalized spacial score (nSPS) is 10.5. The first-order valence-electron chi connectivity index (χ1n) is 5.88. The maximum atomic E-state index is 13.5. The van der Waals surface area contributed by atoms with E-state index in [1.54, 1.807) is 13.0 Å². The van der Waals surface area contributed by atoms with E-state index >= 15 is 0 Å². The molecule has 100 valence electrons. The minimum Gasteiger partial charge on any atom is -0.469 e. The Morgan fingerprint density at radius 1 is 1.47 bits per heavy atom. The molecule has 0 N–H and O–H groups in total. The highest BCUT2D eigenvalue weighted by Gasteiger charge is 2.08. The van der Waals surface area contributed by atoms with Gasteiger partial charge in [-0.05, 0) is 18.6 Å². The molecule has 0 bridgehead atoms. The highest BCUT2D eigenvalue weighted by Crippen LogP contribution is 2.25. The topological polar surface area (TPSA) is 39.2 Å². The van der Waals surface area contributed by atoms with Crippen molar-refractivity contribution in [1.82, 2.24) is 4.98 Å². The van der Waals surface area contributed by atoms with Crippen LogP contribution in [0.4, 0.5) is 4.39 Å². The second-order valence-corrected chi connectivity index (χ2v) is 5.04. The Morgan fingerprint density at radius 3 is 2.95 bits per heavy atom. The van der Waals surface area contributed by atoms with Crippen LogP contribution in [0.1, 0.15) is 17.7 Å². The maximum absolute atomic E-state index is 13.5. The molecule has 0 aliphatic carbocycles. The molecule has 0 radical (unpaired) electrons. The second-order valence-electron chi connectivity index (χ2n) is 4.18. The highest BCUT2D eigenvalue weighted by atomic mass is 32.1. The van der Waals surface area contributed by atoms with Crippen molar-refractivity contribution in [2.75, 3.05) is 7.11 Å². The largest absolute Gasteiger partial charge is 0.469 e. The minimum atomic E-state index is -0.254. The molecule has 0 amide bonds. The summed E-state index contributed by atoms with van der Waals surface area (Å²) in [5, 5.41) is 2.65. The molecule has 0 saturated heterocycles. The Hall–Kier alpha value is -1.75. The third-order valence-corrected chi connectivity index (χ3v) is 3.72. The third-order valence-electron chi connectivity index (χ3n) is 2.78. The van der Waals surface area contributed by atoms with Crippen molar-refractivity contribution in [2.45, 2.75) is 19.8 Å². The third kappa shape index (κ3) is 3.38. The number of nitrogens with zero attached hydrogens (tertiary/aromatic N) is 1. The number of carbonyl (C=O) groups excluding carboxylic acids is 1. The van der Waals surface area contributed by atoms with Gasteiger partial charge in [-0.25, -0.2) is 9.37 Å². The number of aryl methyl sites for hydroxylation is 2. The lowest BCUT2D eigenvalue weighted by Crippen LogP contribution is -2.01. The summed E-state index contributed by atoms with van der Waals surface area (Å²) in [6.45, 7) is 1.72. The molecule has 1 aromatic heterocycles. The molecular formula is C14H14FNO2S. The zero-order valence-corrected chi connectivity index (χ0v) is 11.6. The Labute approximate surface area is 115 Å². The van der Waals surface area contributed by atoms with Gasteiger partial charge in [0.2, 0.25) is 0 Å². The lowest BCUT2D eigenvalue weighted by molar-refractivity contribution is -0.140. The number of benzene rings is 1. The number of ether oxygens (including phenoxy) is 1. The van der Waals surface area contributed by atoms with Crippen molar-refractivity contribution in [1.29, 1.82) is 0 Å². The van der Waals surface area contributed by atoms with Gasteiger partial charge in [0.15, 0.2) is 0 Å². The molecule has 0 spiro atoms. The molecule has 0 aliphatic heterocycles.